The second kappa shape index (κ2) is 10.1. The number of nitriles is 1. The van der Waals surface area contributed by atoms with Gasteiger partial charge in [-0.05, 0) is 75.5 Å². The van der Waals surface area contributed by atoms with Gasteiger partial charge < -0.3 is 0 Å². The lowest BCUT2D eigenvalue weighted by Gasteiger charge is -2.30. The van der Waals surface area contributed by atoms with Gasteiger partial charge in [-0.2, -0.15) is 5.26 Å². The first-order valence-corrected chi connectivity index (χ1v) is 9.88. The maximum Gasteiger partial charge on any atom is 0.0655 e. The van der Waals surface area contributed by atoms with Crippen LogP contribution in [0.1, 0.15) is 90.4 Å². The predicted octanol–water partition coefficient (Wildman–Crippen LogP) is 6.65. The monoisotopic (exact) mass is 301 g/mol. The van der Waals surface area contributed by atoms with Crippen LogP contribution < -0.4 is 0 Å². The third-order valence-electron chi connectivity index (χ3n) is 6.04. The van der Waals surface area contributed by atoms with E-state index in [-0.39, 0.29) is 0 Å². The standard InChI is InChI=1S/C21H35N/c1-2-3-4-5-6-18-7-9-19(10-8-18)11-12-20-13-15-21(17-22)16-14-20/h5-6,18-21H,2-4,7-16H2,1H3/b6-5+. The van der Waals surface area contributed by atoms with Crippen molar-refractivity contribution in [1.29, 1.82) is 5.26 Å². The molecule has 0 aromatic carbocycles. The molecule has 2 aliphatic carbocycles. The zero-order chi connectivity index (χ0) is 15.6. The zero-order valence-corrected chi connectivity index (χ0v) is 14.6. The molecule has 0 aromatic heterocycles. The summed E-state index contributed by atoms with van der Waals surface area (Å²) in [5.74, 6) is 3.16. The third kappa shape index (κ3) is 6.15. The van der Waals surface area contributed by atoms with Crippen molar-refractivity contribution in [2.24, 2.45) is 23.7 Å². The van der Waals surface area contributed by atoms with Gasteiger partial charge in [0.05, 0.1) is 6.07 Å². The lowest BCUT2D eigenvalue weighted by Crippen LogP contribution is -2.17. The number of hydrogen-bond donors (Lipinski definition) is 0. The molecule has 0 unspecified atom stereocenters. The fourth-order valence-corrected chi connectivity index (χ4v) is 4.33. The quantitative estimate of drug-likeness (QED) is 0.381. The molecule has 0 aromatic rings. The van der Waals surface area contributed by atoms with Gasteiger partial charge in [-0.1, -0.05) is 44.8 Å². The molecule has 2 fully saturated rings. The van der Waals surface area contributed by atoms with Crippen molar-refractivity contribution in [2.45, 2.75) is 90.4 Å². The summed E-state index contributed by atoms with van der Waals surface area (Å²) in [4.78, 5) is 0. The fourth-order valence-electron chi connectivity index (χ4n) is 4.33. The first-order chi connectivity index (χ1) is 10.8. The molecule has 2 saturated carbocycles. The van der Waals surface area contributed by atoms with E-state index in [0.717, 1.165) is 30.6 Å². The van der Waals surface area contributed by atoms with E-state index < -0.39 is 0 Å². The third-order valence-corrected chi connectivity index (χ3v) is 6.04. The van der Waals surface area contributed by atoms with E-state index in [0.29, 0.717) is 5.92 Å². The fraction of sp³-hybridized carbons (Fsp3) is 0.857. The lowest BCUT2D eigenvalue weighted by molar-refractivity contribution is 0.242. The number of allylic oxidation sites excluding steroid dienone is 2. The summed E-state index contributed by atoms with van der Waals surface area (Å²) < 4.78 is 0. The Labute approximate surface area is 138 Å². The molecule has 1 nitrogen and oxygen atoms in total. The highest BCUT2D eigenvalue weighted by Crippen LogP contribution is 2.36. The molecule has 124 valence electrons. The van der Waals surface area contributed by atoms with Gasteiger partial charge >= 0.3 is 0 Å². The van der Waals surface area contributed by atoms with Crippen LogP contribution in [0.2, 0.25) is 0 Å². The molecule has 0 bridgehead atoms. The van der Waals surface area contributed by atoms with Crippen LogP contribution in [-0.4, -0.2) is 0 Å². The molecule has 1 heteroatoms. The zero-order valence-electron chi connectivity index (χ0n) is 14.6. The van der Waals surface area contributed by atoms with E-state index in [9.17, 15) is 0 Å². The Bertz CT molecular complexity index is 349. The summed E-state index contributed by atoms with van der Waals surface area (Å²) in [7, 11) is 0. The van der Waals surface area contributed by atoms with Crippen LogP contribution in [0.5, 0.6) is 0 Å². The maximum atomic E-state index is 8.97. The molecule has 0 radical (unpaired) electrons. The highest BCUT2D eigenvalue weighted by atomic mass is 14.3. The van der Waals surface area contributed by atoms with Gasteiger partial charge in [-0.15, -0.1) is 0 Å². The molecule has 0 N–H and O–H groups in total. The van der Waals surface area contributed by atoms with E-state index in [2.05, 4.69) is 25.1 Å². The van der Waals surface area contributed by atoms with E-state index in [1.54, 1.807) is 0 Å². The highest BCUT2D eigenvalue weighted by molar-refractivity contribution is 4.91. The number of rotatable bonds is 7. The lowest BCUT2D eigenvalue weighted by atomic mass is 9.76. The van der Waals surface area contributed by atoms with Gasteiger partial charge in [-0.3, -0.25) is 0 Å². The maximum absolute atomic E-state index is 8.97. The molecule has 0 spiro atoms. The molecule has 0 heterocycles. The van der Waals surface area contributed by atoms with Gasteiger partial charge in [0.15, 0.2) is 0 Å². The average molecular weight is 302 g/mol. The SMILES string of the molecule is CCCC/C=C/C1CCC(CCC2CCC(C#N)CC2)CC1. The molecule has 0 aliphatic heterocycles. The van der Waals surface area contributed by atoms with Crippen molar-refractivity contribution >= 4 is 0 Å². The molecular weight excluding hydrogens is 266 g/mol. The Morgan fingerprint density at radius 3 is 2.05 bits per heavy atom. The number of unbranched alkanes of at least 4 members (excludes halogenated alkanes) is 2. The Kier molecular flexibility index (Phi) is 8.06. The Hall–Kier alpha value is -0.770. The minimum atomic E-state index is 0.367. The summed E-state index contributed by atoms with van der Waals surface area (Å²) in [5, 5.41) is 8.97. The van der Waals surface area contributed by atoms with Gasteiger partial charge in [0, 0.05) is 5.92 Å². The molecule has 22 heavy (non-hydrogen) atoms. The van der Waals surface area contributed by atoms with Gasteiger partial charge in [0.25, 0.3) is 0 Å². The molecular formula is C21H35N. The molecule has 0 amide bonds. The summed E-state index contributed by atoms with van der Waals surface area (Å²) >= 11 is 0. The van der Waals surface area contributed by atoms with Gasteiger partial charge in [0.2, 0.25) is 0 Å². The van der Waals surface area contributed by atoms with Crippen molar-refractivity contribution in [1.82, 2.24) is 0 Å². The van der Waals surface area contributed by atoms with Gasteiger partial charge in [-0.25, -0.2) is 0 Å². The highest BCUT2D eigenvalue weighted by Gasteiger charge is 2.23. The smallest absolute Gasteiger partial charge is 0.0655 e. The average Bonchev–Trinajstić information content (AvgIpc) is 2.58. The molecule has 2 rings (SSSR count). The van der Waals surface area contributed by atoms with Crippen LogP contribution in [0.3, 0.4) is 0 Å². The first-order valence-electron chi connectivity index (χ1n) is 9.88. The van der Waals surface area contributed by atoms with Crippen LogP contribution >= 0.6 is 0 Å². The molecule has 0 saturated heterocycles. The Morgan fingerprint density at radius 1 is 0.909 bits per heavy atom. The Morgan fingerprint density at radius 2 is 1.50 bits per heavy atom. The van der Waals surface area contributed by atoms with Crippen molar-refractivity contribution < 1.29 is 0 Å². The van der Waals surface area contributed by atoms with Crippen LogP contribution in [0.15, 0.2) is 12.2 Å². The number of hydrogen-bond acceptors (Lipinski definition) is 1. The normalized spacial score (nSPS) is 32.9. The van der Waals surface area contributed by atoms with Crippen LogP contribution in [-0.2, 0) is 0 Å². The van der Waals surface area contributed by atoms with Crippen molar-refractivity contribution in [3.05, 3.63) is 12.2 Å². The van der Waals surface area contributed by atoms with Crippen molar-refractivity contribution in [2.75, 3.05) is 0 Å². The van der Waals surface area contributed by atoms with Crippen LogP contribution in [0.25, 0.3) is 0 Å². The topological polar surface area (TPSA) is 23.8 Å². The van der Waals surface area contributed by atoms with Crippen LogP contribution in [0.4, 0.5) is 0 Å². The van der Waals surface area contributed by atoms with Gasteiger partial charge in [0.1, 0.15) is 0 Å². The summed E-state index contributed by atoms with van der Waals surface area (Å²) in [5.41, 5.74) is 0. The summed E-state index contributed by atoms with van der Waals surface area (Å²) in [6, 6.07) is 2.45. The van der Waals surface area contributed by atoms with E-state index in [1.165, 1.54) is 70.6 Å². The van der Waals surface area contributed by atoms with E-state index in [4.69, 9.17) is 5.26 Å². The molecule has 0 atom stereocenters. The molecule has 2 aliphatic rings. The van der Waals surface area contributed by atoms with E-state index >= 15 is 0 Å². The Balaban J connectivity index is 1.56. The predicted molar refractivity (Wildman–Crippen MR) is 94.4 cm³/mol. The second-order valence-corrected chi connectivity index (χ2v) is 7.78. The summed E-state index contributed by atoms with van der Waals surface area (Å²) in [6.07, 6.45) is 22.5. The second-order valence-electron chi connectivity index (χ2n) is 7.78. The summed E-state index contributed by atoms with van der Waals surface area (Å²) in [6.45, 7) is 2.27. The largest absolute Gasteiger partial charge is 0.198 e. The van der Waals surface area contributed by atoms with Crippen molar-refractivity contribution in [3.8, 4) is 6.07 Å². The minimum absolute atomic E-state index is 0.367. The first kappa shape index (κ1) is 17.6. The van der Waals surface area contributed by atoms with Crippen molar-refractivity contribution in [3.63, 3.8) is 0 Å². The number of nitrogens with zero attached hydrogens (tertiary/aromatic N) is 1. The minimum Gasteiger partial charge on any atom is -0.198 e. The van der Waals surface area contributed by atoms with Crippen LogP contribution in [0, 0.1) is 35.0 Å². The van der Waals surface area contributed by atoms with E-state index in [1.807, 2.05) is 0 Å².